The van der Waals surface area contributed by atoms with Gasteiger partial charge in [-0.2, -0.15) is 0 Å². The highest BCUT2D eigenvalue weighted by atomic mass is 31.2. The monoisotopic (exact) mass is 222 g/mol. The Kier molecular flexibility index (Phi) is 5.31. The van der Waals surface area contributed by atoms with Gasteiger partial charge in [-0.05, 0) is 20.9 Å². The molecule has 1 unspecified atom stereocenters. The summed E-state index contributed by atoms with van der Waals surface area (Å²) in [6.45, 7) is 8.49. The van der Waals surface area contributed by atoms with Gasteiger partial charge >= 0.3 is 0 Å². The van der Waals surface area contributed by atoms with Crippen LogP contribution in [-0.4, -0.2) is 31.9 Å². The van der Waals surface area contributed by atoms with Crippen molar-refractivity contribution in [2.24, 2.45) is 0 Å². The highest BCUT2D eigenvalue weighted by molar-refractivity contribution is 7.57. The van der Waals surface area contributed by atoms with E-state index in [0.717, 1.165) is 0 Å². The highest BCUT2D eigenvalue weighted by Gasteiger charge is 2.28. The molecule has 0 bridgehead atoms. The number of hydrogen-bond donors (Lipinski definition) is 2. The van der Waals surface area contributed by atoms with E-state index in [0.29, 0.717) is 6.54 Å². The van der Waals surface area contributed by atoms with Crippen molar-refractivity contribution in [1.82, 2.24) is 10.4 Å². The van der Waals surface area contributed by atoms with Crippen LogP contribution >= 0.6 is 7.52 Å². The van der Waals surface area contributed by atoms with E-state index in [2.05, 4.69) is 10.4 Å². The molecule has 0 aliphatic rings. The fourth-order valence-corrected chi connectivity index (χ4v) is 2.39. The number of likely N-dealkylation sites (N-methyl/N-ethyl adjacent to an activating group) is 1. The maximum atomic E-state index is 12.1. The Balaban J connectivity index is 4.29. The average molecular weight is 222 g/mol. The van der Waals surface area contributed by atoms with Gasteiger partial charge in [0.25, 0.3) is 7.52 Å². The third kappa shape index (κ3) is 4.09. The number of hydrogen-bond acceptors (Lipinski definition) is 3. The van der Waals surface area contributed by atoms with Gasteiger partial charge in [-0.1, -0.05) is 13.8 Å². The van der Waals surface area contributed by atoms with Crippen molar-refractivity contribution in [3.63, 3.8) is 0 Å². The summed E-state index contributed by atoms with van der Waals surface area (Å²) in [6.07, 6.45) is 0. The summed E-state index contributed by atoms with van der Waals surface area (Å²) in [4.78, 5) is 0. The second-order valence-corrected chi connectivity index (χ2v) is 7.25. The smallest absolute Gasteiger partial charge is 0.272 e. The molecule has 4 nitrogen and oxygen atoms in total. The van der Waals surface area contributed by atoms with Crippen LogP contribution in [0.2, 0.25) is 0 Å². The molecule has 0 aromatic rings. The maximum Gasteiger partial charge on any atom is 0.272 e. The molecule has 0 rings (SSSR count). The fraction of sp³-hybridized carbons (Fsp3) is 1.00. The van der Waals surface area contributed by atoms with Crippen LogP contribution in [0.3, 0.4) is 0 Å². The summed E-state index contributed by atoms with van der Waals surface area (Å²) in [7, 11) is 0.698. The Labute approximate surface area is 87.3 Å². The summed E-state index contributed by atoms with van der Waals surface area (Å²) in [5.41, 5.74) is -0.0801. The molecule has 14 heavy (non-hydrogen) atoms. The molecule has 0 amide bonds. The molecule has 0 heterocycles. The molecular formula is C9H23N2O2P. The molecule has 0 aliphatic carbocycles. The van der Waals surface area contributed by atoms with E-state index in [1.807, 2.05) is 34.7 Å². The minimum atomic E-state index is -2.67. The zero-order valence-electron chi connectivity index (χ0n) is 10.0. The van der Waals surface area contributed by atoms with Crippen LogP contribution in [-0.2, 0) is 9.09 Å². The Bertz CT molecular complexity index is 217. The second kappa shape index (κ2) is 5.26. The summed E-state index contributed by atoms with van der Waals surface area (Å²) >= 11 is 0. The standard InChI is InChI=1S/C9H23N2O2P/c1-8(2)14(12,13-6)11-7-9(3,4)10-5/h8,10H,7H2,1-6H3,(H,11,12). The van der Waals surface area contributed by atoms with Crippen LogP contribution < -0.4 is 10.4 Å². The minimum absolute atomic E-state index is 0.000145. The molecule has 0 fully saturated rings. The highest BCUT2D eigenvalue weighted by Crippen LogP contribution is 2.46. The van der Waals surface area contributed by atoms with E-state index >= 15 is 0 Å². The van der Waals surface area contributed by atoms with Crippen molar-refractivity contribution in [3.8, 4) is 0 Å². The van der Waals surface area contributed by atoms with E-state index in [1.165, 1.54) is 7.11 Å². The van der Waals surface area contributed by atoms with Gasteiger partial charge in [-0.15, -0.1) is 0 Å². The first kappa shape index (κ1) is 14.1. The van der Waals surface area contributed by atoms with Crippen molar-refractivity contribution < 1.29 is 9.09 Å². The lowest BCUT2D eigenvalue weighted by molar-refractivity contribution is 0.355. The Hall–Kier alpha value is 0.110. The first-order valence-electron chi connectivity index (χ1n) is 4.87. The molecular weight excluding hydrogens is 199 g/mol. The summed E-state index contributed by atoms with van der Waals surface area (Å²) in [5.74, 6) is 0. The molecule has 0 aromatic carbocycles. The Morgan fingerprint density at radius 1 is 1.43 bits per heavy atom. The molecule has 0 saturated carbocycles. The van der Waals surface area contributed by atoms with Gasteiger partial charge in [0.2, 0.25) is 0 Å². The zero-order valence-corrected chi connectivity index (χ0v) is 10.9. The van der Waals surface area contributed by atoms with Crippen LogP contribution in [0.1, 0.15) is 27.7 Å². The van der Waals surface area contributed by atoms with Crippen molar-refractivity contribution in [2.45, 2.75) is 38.9 Å². The second-order valence-electron chi connectivity index (χ2n) is 4.34. The van der Waals surface area contributed by atoms with Crippen molar-refractivity contribution >= 4 is 7.52 Å². The van der Waals surface area contributed by atoms with E-state index in [-0.39, 0.29) is 11.2 Å². The van der Waals surface area contributed by atoms with Crippen LogP contribution in [0.4, 0.5) is 0 Å². The summed E-state index contributed by atoms with van der Waals surface area (Å²) < 4.78 is 17.1. The number of rotatable bonds is 6. The lowest BCUT2D eigenvalue weighted by Crippen LogP contribution is -2.45. The van der Waals surface area contributed by atoms with Gasteiger partial charge in [0, 0.05) is 24.9 Å². The lowest BCUT2D eigenvalue weighted by Gasteiger charge is -2.28. The summed E-state index contributed by atoms with van der Waals surface area (Å²) in [5, 5.41) is 6.15. The molecule has 5 heteroatoms. The fourth-order valence-electron chi connectivity index (χ4n) is 0.854. The first-order chi connectivity index (χ1) is 6.27. The van der Waals surface area contributed by atoms with E-state index < -0.39 is 7.52 Å². The van der Waals surface area contributed by atoms with Gasteiger partial charge in [0.15, 0.2) is 0 Å². The SMILES string of the molecule is CNC(C)(C)CNP(=O)(OC)C(C)C. The topological polar surface area (TPSA) is 50.4 Å². The van der Waals surface area contributed by atoms with E-state index in [1.54, 1.807) is 0 Å². The van der Waals surface area contributed by atoms with Gasteiger partial charge in [-0.3, -0.25) is 4.57 Å². The molecule has 0 spiro atoms. The molecule has 86 valence electrons. The normalized spacial score (nSPS) is 17.1. The van der Waals surface area contributed by atoms with Crippen LogP contribution in [0.5, 0.6) is 0 Å². The summed E-state index contributed by atoms with van der Waals surface area (Å²) in [6, 6.07) is 0. The zero-order chi connectivity index (χ0) is 11.4. The largest absolute Gasteiger partial charge is 0.321 e. The van der Waals surface area contributed by atoms with Crippen molar-refractivity contribution in [1.29, 1.82) is 0 Å². The van der Waals surface area contributed by atoms with E-state index in [4.69, 9.17) is 4.52 Å². The van der Waals surface area contributed by atoms with Crippen LogP contribution in [0.25, 0.3) is 0 Å². The predicted molar refractivity (Wildman–Crippen MR) is 60.9 cm³/mol. The molecule has 0 aliphatic heterocycles. The lowest BCUT2D eigenvalue weighted by atomic mass is 10.1. The van der Waals surface area contributed by atoms with Gasteiger partial charge in [0.1, 0.15) is 0 Å². The molecule has 0 radical (unpaired) electrons. The molecule has 1 atom stereocenters. The minimum Gasteiger partial charge on any atom is -0.321 e. The third-order valence-electron chi connectivity index (χ3n) is 2.37. The quantitative estimate of drug-likeness (QED) is 0.673. The predicted octanol–water partition coefficient (Wildman–Crippen LogP) is 1.82. The van der Waals surface area contributed by atoms with Crippen molar-refractivity contribution in [3.05, 3.63) is 0 Å². The van der Waals surface area contributed by atoms with Gasteiger partial charge < -0.3 is 9.84 Å². The van der Waals surface area contributed by atoms with E-state index in [9.17, 15) is 4.57 Å². The van der Waals surface area contributed by atoms with Crippen molar-refractivity contribution in [2.75, 3.05) is 20.7 Å². The number of nitrogens with one attached hydrogen (secondary N) is 2. The maximum absolute atomic E-state index is 12.1. The first-order valence-corrected chi connectivity index (χ1v) is 6.56. The van der Waals surface area contributed by atoms with Crippen LogP contribution in [0.15, 0.2) is 0 Å². The third-order valence-corrected chi connectivity index (χ3v) is 4.87. The Morgan fingerprint density at radius 3 is 2.21 bits per heavy atom. The molecule has 0 aromatic heterocycles. The Morgan fingerprint density at radius 2 is 1.93 bits per heavy atom. The van der Waals surface area contributed by atoms with Gasteiger partial charge in [-0.25, -0.2) is 5.09 Å². The molecule has 2 N–H and O–H groups in total. The van der Waals surface area contributed by atoms with Crippen LogP contribution in [0, 0.1) is 0 Å². The average Bonchev–Trinajstić information content (AvgIpc) is 2.14. The molecule has 0 saturated heterocycles. The van der Waals surface area contributed by atoms with Gasteiger partial charge in [0.05, 0.1) is 0 Å².